The molecule has 0 aliphatic carbocycles. The average molecular weight is 404 g/mol. The molecule has 30 heavy (non-hydrogen) atoms. The molecule has 0 bridgehead atoms. The quantitative estimate of drug-likeness (QED) is 0.532. The molecule has 3 aromatic heterocycles. The fourth-order valence-corrected chi connectivity index (χ4v) is 3.80. The Morgan fingerprint density at radius 3 is 2.63 bits per heavy atom. The van der Waals surface area contributed by atoms with Crippen molar-refractivity contribution in [3.05, 3.63) is 36.9 Å². The maximum Gasteiger partial charge on any atom is 0.245 e. The van der Waals surface area contributed by atoms with Crippen LogP contribution in [0.1, 0.15) is 20.8 Å². The number of piperazine rings is 1. The van der Waals surface area contributed by atoms with Crippen LogP contribution >= 0.6 is 0 Å². The van der Waals surface area contributed by atoms with Crippen molar-refractivity contribution in [1.82, 2.24) is 45.7 Å². The first-order chi connectivity index (χ1) is 14.5. The summed E-state index contributed by atoms with van der Waals surface area (Å²) in [5, 5.41) is 29.1. The predicted octanol–water partition coefficient (Wildman–Crippen LogP) is 1.82. The second kappa shape index (κ2) is 7.13. The molecule has 0 saturated carbocycles. The number of rotatable bonds is 3. The van der Waals surface area contributed by atoms with Gasteiger partial charge in [0.1, 0.15) is 11.4 Å². The zero-order valence-corrected chi connectivity index (χ0v) is 17.2. The van der Waals surface area contributed by atoms with Gasteiger partial charge >= 0.3 is 0 Å². The maximum absolute atomic E-state index is 4.62. The van der Waals surface area contributed by atoms with Gasteiger partial charge in [-0.25, -0.2) is 4.98 Å². The number of anilines is 1. The van der Waals surface area contributed by atoms with Crippen LogP contribution < -0.4 is 10.2 Å². The van der Waals surface area contributed by atoms with Crippen molar-refractivity contribution in [3.8, 4) is 16.9 Å². The molecule has 0 spiro atoms. The van der Waals surface area contributed by atoms with Crippen molar-refractivity contribution in [2.45, 2.75) is 26.8 Å². The largest absolute Gasteiger partial charge is 0.337 e. The van der Waals surface area contributed by atoms with Crippen LogP contribution in [-0.4, -0.2) is 66.0 Å². The SMILES string of the molecule is CC(C)(C)[C@H]1CN(c2ncc(-c3ccc(-n4nccn4)c4[nH]ncc34)nn2)CCN1. The second-order valence-corrected chi connectivity index (χ2v) is 8.57. The lowest BCUT2D eigenvalue weighted by Crippen LogP contribution is -2.56. The van der Waals surface area contributed by atoms with Gasteiger partial charge in [0.05, 0.1) is 30.3 Å². The van der Waals surface area contributed by atoms with Crippen molar-refractivity contribution >= 4 is 16.9 Å². The molecule has 1 fully saturated rings. The molecule has 0 unspecified atom stereocenters. The maximum atomic E-state index is 4.62. The van der Waals surface area contributed by atoms with E-state index in [1.54, 1.807) is 29.6 Å². The number of H-pyrrole nitrogens is 1. The Balaban J connectivity index is 1.45. The molecular weight excluding hydrogens is 380 g/mol. The molecule has 1 aliphatic heterocycles. The summed E-state index contributed by atoms with van der Waals surface area (Å²) >= 11 is 0. The minimum absolute atomic E-state index is 0.171. The van der Waals surface area contributed by atoms with E-state index in [9.17, 15) is 0 Å². The number of fused-ring (bicyclic) bond motifs is 1. The van der Waals surface area contributed by atoms with Gasteiger partial charge < -0.3 is 10.2 Å². The smallest absolute Gasteiger partial charge is 0.245 e. The molecule has 2 N–H and O–H groups in total. The van der Waals surface area contributed by atoms with Gasteiger partial charge in [-0.3, -0.25) is 5.10 Å². The van der Waals surface area contributed by atoms with Crippen LogP contribution in [0.25, 0.3) is 27.8 Å². The van der Waals surface area contributed by atoms with E-state index in [0.29, 0.717) is 17.7 Å². The van der Waals surface area contributed by atoms with Gasteiger partial charge in [-0.1, -0.05) is 20.8 Å². The Bertz CT molecular complexity index is 1140. The van der Waals surface area contributed by atoms with E-state index in [1.807, 2.05) is 12.1 Å². The summed E-state index contributed by atoms with van der Waals surface area (Å²) in [6.07, 6.45) is 6.84. The summed E-state index contributed by atoms with van der Waals surface area (Å²) in [7, 11) is 0. The minimum atomic E-state index is 0.171. The summed E-state index contributed by atoms with van der Waals surface area (Å²) in [4.78, 5) is 8.38. The van der Waals surface area contributed by atoms with E-state index in [-0.39, 0.29) is 5.41 Å². The zero-order valence-electron chi connectivity index (χ0n) is 17.2. The van der Waals surface area contributed by atoms with Crippen molar-refractivity contribution in [1.29, 1.82) is 0 Å². The number of hydrogen-bond acceptors (Lipinski definition) is 8. The number of hydrogen-bond donors (Lipinski definition) is 2. The molecule has 10 heteroatoms. The average Bonchev–Trinajstić information content (AvgIpc) is 3.45. The third-order valence-electron chi connectivity index (χ3n) is 5.56. The van der Waals surface area contributed by atoms with Crippen molar-refractivity contribution in [2.24, 2.45) is 5.41 Å². The molecule has 4 heterocycles. The fourth-order valence-electron chi connectivity index (χ4n) is 3.80. The fraction of sp³-hybridized carbons (Fsp3) is 0.400. The summed E-state index contributed by atoms with van der Waals surface area (Å²) < 4.78 is 0. The summed E-state index contributed by atoms with van der Waals surface area (Å²) in [6, 6.07) is 4.29. The van der Waals surface area contributed by atoms with Crippen LogP contribution in [0.5, 0.6) is 0 Å². The summed E-state index contributed by atoms with van der Waals surface area (Å²) in [5.74, 6) is 0.662. The summed E-state index contributed by atoms with van der Waals surface area (Å²) in [6.45, 7) is 9.37. The first-order valence-electron chi connectivity index (χ1n) is 10.0. The third-order valence-corrected chi connectivity index (χ3v) is 5.56. The highest BCUT2D eigenvalue weighted by Crippen LogP contribution is 2.30. The van der Waals surface area contributed by atoms with Crippen LogP contribution in [0, 0.1) is 5.41 Å². The number of aromatic nitrogens is 8. The van der Waals surface area contributed by atoms with Crippen LogP contribution in [0.4, 0.5) is 5.95 Å². The van der Waals surface area contributed by atoms with E-state index in [4.69, 9.17) is 0 Å². The van der Waals surface area contributed by atoms with E-state index in [0.717, 1.165) is 41.8 Å². The monoisotopic (exact) mass is 404 g/mol. The van der Waals surface area contributed by atoms with E-state index in [1.165, 1.54) is 0 Å². The van der Waals surface area contributed by atoms with Gasteiger partial charge in [-0.05, 0) is 17.5 Å². The molecule has 0 radical (unpaired) electrons. The lowest BCUT2D eigenvalue weighted by molar-refractivity contribution is 0.252. The van der Waals surface area contributed by atoms with Crippen LogP contribution in [0.15, 0.2) is 36.9 Å². The van der Waals surface area contributed by atoms with E-state index >= 15 is 0 Å². The van der Waals surface area contributed by atoms with Crippen LogP contribution in [0.3, 0.4) is 0 Å². The highest BCUT2D eigenvalue weighted by Gasteiger charge is 2.30. The van der Waals surface area contributed by atoms with Crippen LogP contribution in [-0.2, 0) is 0 Å². The summed E-state index contributed by atoms with van der Waals surface area (Å²) in [5.41, 5.74) is 3.44. The molecule has 5 rings (SSSR count). The Morgan fingerprint density at radius 1 is 1.07 bits per heavy atom. The van der Waals surface area contributed by atoms with Crippen molar-refractivity contribution < 1.29 is 0 Å². The van der Waals surface area contributed by atoms with Gasteiger partial charge in [0, 0.05) is 36.6 Å². The van der Waals surface area contributed by atoms with Crippen LogP contribution in [0.2, 0.25) is 0 Å². The Hall–Kier alpha value is -3.40. The lowest BCUT2D eigenvalue weighted by Gasteiger charge is -2.40. The lowest BCUT2D eigenvalue weighted by atomic mass is 9.85. The molecule has 1 aromatic carbocycles. The standard InChI is InChI=1S/C20H24N10/c1-20(2,3)17-12-29(9-8-21-17)19-22-11-15(26-28-19)13-4-5-16(30-24-6-7-25-30)18-14(13)10-23-27-18/h4-7,10-11,17,21H,8-9,12H2,1-3H3,(H,23,27)/t17-/m1/s1. The predicted molar refractivity (Wildman–Crippen MR) is 113 cm³/mol. The number of nitrogens with zero attached hydrogens (tertiary/aromatic N) is 8. The van der Waals surface area contributed by atoms with Gasteiger partial charge in [-0.2, -0.15) is 15.3 Å². The third kappa shape index (κ3) is 3.28. The van der Waals surface area contributed by atoms with E-state index in [2.05, 4.69) is 66.6 Å². The van der Waals surface area contributed by atoms with E-state index < -0.39 is 0 Å². The molecule has 4 aromatic rings. The molecule has 154 valence electrons. The molecule has 1 saturated heterocycles. The molecule has 10 nitrogen and oxygen atoms in total. The second-order valence-electron chi connectivity index (χ2n) is 8.57. The highest BCUT2D eigenvalue weighted by atomic mass is 15.5. The Kier molecular flexibility index (Phi) is 4.43. The Labute approximate surface area is 173 Å². The first kappa shape index (κ1) is 18.6. The minimum Gasteiger partial charge on any atom is -0.337 e. The highest BCUT2D eigenvalue weighted by molar-refractivity contribution is 5.97. The van der Waals surface area contributed by atoms with Crippen molar-refractivity contribution in [3.63, 3.8) is 0 Å². The van der Waals surface area contributed by atoms with Gasteiger partial charge in [-0.15, -0.1) is 15.0 Å². The first-order valence-corrected chi connectivity index (χ1v) is 10.0. The topological polar surface area (TPSA) is 113 Å². The molecular formula is C20H24N10. The number of aromatic amines is 1. The normalized spacial score (nSPS) is 17.6. The van der Waals surface area contributed by atoms with Crippen molar-refractivity contribution in [2.75, 3.05) is 24.5 Å². The van der Waals surface area contributed by atoms with Gasteiger partial charge in [0.25, 0.3) is 0 Å². The van der Waals surface area contributed by atoms with Gasteiger partial charge in [0.15, 0.2) is 0 Å². The molecule has 1 atom stereocenters. The Morgan fingerprint density at radius 2 is 1.90 bits per heavy atom. The molecule has 1 aliphatic rings. The zero-order chi connectivity index (χ0) is 20.7. The number of nitrogens with one attached hydrogen (secondary N) is 2. The molecule has 0 amide bonds. The van der Waals surface area contributed by atoms with Gasteiger partial charge in [0.2, 0.25) is 5.95 Å². The number of benzene rings is 1.